The summed E-state index contributed by atoms with van der Waals surface area (Å²) in [4.78, 5) is 3.21. The van der Waals surface area contributed by atoms with Gasteiger partial charge >= 0.3 is 0 Å². The highest BCUT2D eigenvalue weighted by molar-refractivity contribution is 5.83. The quantitative estimate of drug-likeness (QED) is 0.383. The van der Waals surface area contributed by atoms with Crippen LogP contribution in [0.4, 0.5) is 11.5 Å². The number of aromatic amines is 2. The lowest BCUT2D eigenvalue weighted by Crippen LogP contribution is -2.29. The summed E-state index contributed by atoms with van der Waals surface area (Å²) >= 11 is 0. The molecule has 5 heteroatoms. The summed E-state index contributed by atoms with van der Waals surface area (Å²) in [6.45, 7) is 0. The van der Waals surface area contributed by atoms with Gasteiger partial charge in [0.15, 0.2) is 0 Å². The van der Waals surface area contributed by atoms with Gasteiger partial charge in [0.25, 0.3) is 11.5 Å². The minimum Gasteiger partial charge on any atom is -0.396 e. The molecule has 0 unspecified atom stereocenters. The van der Waals surface area contributed by atoms with E-state index in [1.807, 2.05) is 24.4 Å². The predicted molar refractivity (Wildman–Crippen MR) is 53.8 cm³/mol. The van der Waals surface area contributed by atoms with E-state index in [2.05, 4.69) is 10.1 Å². The number of nitrogens with one attached hydrogen (secondary N) is 2. The van der Waals surface area contributed by atoms with Crippen molar-refractivity contribution < 1.29 is 4.52 Å². The largest absolute Gasteiger partial charge is 0.396 e. The van der Waals surface area contributed by atoms with E-state index in [0.717, 1.165) is 22.6 Å². The first-order valence-electron chi connectivity index (χ1n) is 4.32. The van der Waals surface area contributed by atoms with Crippen LogP contribution in [0, 0.1) is 0 Å². The third-order valence-electron chi connectivity index (χ3n) is 2.44. The molecule has 0 radical (unpaired) electrons. The summed E-state index contributed by atoms with van der Waals surface area (Å²) in [6, 6.07) is 5.66. The van der Waals surface area contributed by atoms with Gasteiger partial charge in [0.2, 0.25) is 0 Å². The van der Waals surface area contributed by atoms with Crippen LogP contribution in [0.1, 0.15) is 0 Å². The Kier molecular flexibility index (Phi) is 1.14. The lowest BCUT2D eigenvalue weighted by molar-refractivity contribution is -0.563. The Morgan fingerprint density at radius 1 is 1.14 bits per heavy atom. The molecule has 6 N–H and O–H groups in total. The van der Waals surface area contributed by atoms with E-state index < -0.39 is 0 Å². The fourth-order valence-electron chi connectivity index (χ4n) is 1.73. The SMILES string of the molecule is Nc1ccc2c(N)[n+]3[nH]ccc3[nH]c1-2. The molecular weight excluding hydrogens is 178 g/mol. The first-order chi connectivity index (χ1) is 6.77. The van der Waals surface area contributed by atoms with E-state index in [1.165, 1.54) is 0 Å². The van der Waals surface area contributed by atoms with Crippen molar-refractivity contribution in [3.8, 4) is 11.3 Å². The zero-order chi connectivity index (χ0) is 9.71. The van der Waals surface area contributed by atoms with Crippen LogP contribution in [0.5, 0.6) is 0 Å². The van der Waals surface area contributed by atoms with Crippen LogP contribution >= 0.6 is 0 Å². The second-order valence-electron chi connectivity index (χ2n) is 3.27. The van der Waals surface area contributed by atoms with E-state index in [-0.39, 0.29) is 0 Å². The normalized spacial score (nSPS) is 11.4. The molecule has 14 heavy (non-hydrogen) atoms. The molecule has 0 spiro atoms. The summed E-state index contributed by atoms with van der Waals surface area (Å²) in [5.74, 6) is 0.662. The minimum atomic E-state index is 0.662. The molecule has 1 aromatic heterocycles. The molecule has 0 saturated heterocycles. The topological polar surface area (TPSA) is 87.7 Å². The Labute approximate surface area is 79.7 Å². The smallest absolute Gasteiger partial charge is 0.252 e. The first-order valence-corrected chi connectivity index (χ1v) is 4.32. The monoisotopic (exact) mass is 188 g/mol. The summed E-state index contributed by atoms with van der Waals surface area (Å²) in [5.41, 5.74) is 15.2. The maximum absolute atomic E-state index is 5.97. The lowest BCUT2D eigenvalue weighted by Gasteiger charge is -2.01. The molecular formula is C9H10N5+. The number of anilines is 2. The third-order valence-corrected chi connectivity index (χ3v) is 2.44. The Hall–Kier alpha value is -2.17. The van der Waals surface area contributed by atoms with Crippen LogP contribution in [-0.4, -0.2) is 10.1 Å². The molecule has 1 aromatic rings. The van der Waals surface area contributed by atoms with E-state index in [1.54, 1.807) is 4.52 Å². The predicted octanol–water partition coefficient (Wildman–Crippen LogP) is 0.351. The van der Waals surface area contributed by atoms with Crippen molar-refractivity contribution in [2.45, 2.75) is 0 Å². The molecule has 2 aliphatic rings. The Bertz CT molecular complexity index is 576. The molecule has 0 fully saturated rings. The number of aromatic nitrogens is 3. The number of H-pyrrole nitrogens is 2. The molecule has 1 aliphatic carbocycles. The number of rotatable bonds is 0. The number of hydrogen-bond donors (Lipinski definition) is 4. The molecule has 0 bridgehead atoms. The van der Waals surface area contributed by atoms with Crippen molar-refractivity contribution in [3.05, 3.63) is 24.4 Å². The van der Waals surface area contributed by atoms with Crippen molar-refractivity contribution in [2.75, 3.05) is 11.5 Å². The van der Waals surface area contributed by atoms with Gasteiger partial charge in [0, 0.05) is 12.3 Å². The highest BCUT2D eigenvalue weighted by Crippen LogP contribution is 2.30. The van der Waals surface area contributed by atoms with Gasteiger partial charge in [-0.3, -0.25) is 10.1 Å². The van der Waals surface area contributed by atoms with Gasteiger partial charge in [0.05, 0.1) is 11.3 Å². The van der Waals surface area contributed by atoms with Gasteiger partial charge in [-0.2, -0.15) is 0 Å². The maximum Gasteiger partial charge on any atom is 0.252 e. The summed E-state index contributed by atoms with van der Waals surface area (Å²) < 4.78 is 1.78. The molecule has 3 rings (SSSR count). The average molecular weight is 188 g/mol. The Morgan fingerprint density at radius 2 is 2.00 bits per heavy atom. The van der Waals surface area contributed by atoms with Gasteiger partial charge in [-0.05, 0) is 12.1 Å². The van der Waals surface area contributed by atoms with Gasteiger partial charge in [-0.15, -0.1) is 4.52 Å². The van der Waals surface area contributed by atoms with Gasteiger partial charge in [0.1, 0.15) is 5.69 Å². The maximum atomic E-state index is 5.97. The first kappa shape index (κ1) is 7.25. The standard InChI is InChI=1S/C9H9N5/c10-6-2-1-5-8(6)13-7-3-4-12-14(7)9(5)11/h1-4H,10-11H2,(H,12,13)/p+1. The fraction of sp³-hybridized carbons (Fsp3) is 0. The highest BCUT2D eigenvalue weighted by Gasteiger charge is 2.19. The lowest BCUT2D eigenvalue weighted by atomic mass is 10.2. The van der Waals surface area contributed by atoms with Crippen molar-refractivity contribution in [1.29, 1.82) is 0 Å². The Balaban J connectivity index is 2.58. The number of nitrogens with two attached hydrogens (primary N) is 2. The van der Waals surface area contributed by atoms with Crippen LogP contribution in [0.3, 0.4) is 0 Å². The van der Waals surface area contributed by atoms with Crippen LogP contribution in [-0.2, 0) is 0 Å². The minimum absolute atomic E-state index is 0.662. The second kappa shape index (κ2) is 2.20. The molecule has 2 heterocycles. The average Bonchev–Trinajstić information content (AvgIpc) is 2.75. The second-order valence-corrected chi connectivity index (χ2v) is 3.27. The summed E-state index contributed by atoms with van der Waals surface area (Å²) in [5, 5.41) is 3.01. The number of hydrogen-bond acceptors (Lipinski definition) is 2. The molecule has 1 aliphatic heterocycles. The van der Waals surface area contributed by atoms with Gasteiger partial charge < -0.3 is 11.5 Å². The van der Waals surface area contributed by atoms with Crippen LogP contribution in [0.2, 0.25) is 0 Å². The van der Waals surface area contributed by atoms with E-state index in [4.69, 9.17) is 11.5 Å². The van der Waals surface area contributed by atoms with Crippen LogP contribution < -0.4 is 16.0 Å². The van der Waals surface area contributed by atoms with Crippen molar-refractivity contribution in [1.82, 2.24) is 10.1 Å². The van der Waals surface area contributed by atoms with E-state index >= 15 is 0 Å². The number of fused-ring (bicyclic) bond motifs is 2. The van der Waals surface area contributed by atoms with Crippen molar-refractivity contribution in [3.63, 3.8) is 0 Å². The van der Waals surface area contributed by atoms with Gasteiger partial charge in [-0.1, -0.05) is 0 Å². The zero-order valence-electron chi connectivity index (χ0n) is 7.41. The molecule has 5 nitrogen and oxygen atoms in total. The fourth-order valence-corrected chi connectivity index (χ4v) is 1.73. The van der Waals surface area contributed by atoms with Crippen LogP contribution in [0.15, 0.2) is 24.4 Å². The number of nitrogen functional groups attached to an aromatic ring is 2. The van der Waals surface area contributed by atoms with Crippen LogP contribution in [0.25, 0.3) is 16.9 Å². The number of nitrogens with zero attached hydrogens (tertiary/aromatic N) is 1. The van der Waals surface area contributed by atoms with E-state index in [9.17, 15) is 0 Å². The molecule has 0 aromatic carbocycles. The van der Waals surface area contributed by atoms with Gasteiger partial charge in [-0.25, -0.2) is 0 Å². The molecule has 0 amide bonds. The van der Waals surface area contributed by atoms with E-state index in [0.29, 0.717) is 5.82 Å². The third kappa shape index (κ3) is 0.711. The highest BCUT2D eigenvalue weighted by atomic mass is 15.3. The summed E-state index contributed by atoms with van der Waals surface area (Å²) in [7, 11) is 0. The van der Waals surface area contributed by atoms with Crippen molar-refractivity contribution >= 4 is 17.2 Å². The zero-order valence-corrected chi connectivity index (χ0v) is 7.41. The molecule has 0 atom stereocenters. The molecule has 0 saturated carbocycles. The molecule has 70 valence electrons. The summed E-state index contributed by atoms with van der Waals surface area (Å²) in [6.07, 6.45) is 1.82. The van der Waals surface area contributed by atoms with Crippen molar-refractivity contribution in [2.24, 2.45) is 0 Å². The Morgan fingerprint density at radius 3 is 2.86 bits per heavy atom.